The van der Waals surface area contributed by atoms with Crippen molar-refractivity contribution in [3.05, 3.63) is 27.7 Å². The number of rotatable bonds is 4. The molecule has 0 amide bonds. The molecule has 0 saturated carbocycles. The van der Waals surface area contributed by atoms with Gasteiger partial charge in [-0.1, -0.05) is 23.2 Å². The van der Waals surface area contributed by atoms with Crippen LogP contribution in [0.15, 0.2) is 17.0 Å². The SMILES string of the molecule is O=C(O)c1cc(Cl)cc(S(=O)(=O)CC2CCCCO2)c1Cl. The van der Waals surface area contributed by atoms with Gasteiger partial charge >= 0.3 is 5.97 Å². The highest BCUT2D eigenvalue weighted by atomic mass is 35.5. The summed E-state index contributed by atoms with van der Waals surface area (Å²) in [7, 11) is -3.77. The number of aromatic carboxylic acids is 1. The van der Waals surface area contributed by atoms with Gasteiger partial charge in [-0.3, -0.25) is 0 Å². The standard InChI is InChI=1S/C13H14Cl2O5S/c14-8-5-10(13(16)17)12(15)11(6-8)21(18,19)7-9-3-1-2-4-20-9/h5-6,9H,1-4,7H2,(H,16,17). The van der Waals surface area contributed by atoms with Crippen LogP contribution in [0.4, 0.5) is 0 Å². The van der Waals surface area contributed by atoms with Gasteiger partial charge in [-0.2, -0.15) is 0 Å². The summed E-state index contributed by atoms with van der Waals surface area (Å²) in [6, 6.07) is 2.30. The van der Waals surface area contributed by atoms with Gasteiger partial charge in [-0.05, 0) is 31.4 Å². The van der Waals surface area contributed by atoms with Gasteiger partial charge < -0.3 is 9.84 Å². The van der Waals surface area contributed by atoms with Crippen molar-refractivity contribution in [2.24, 2.45) is 0 Å². The molecule has 8 heteroatoms. The van der Waals surface area contributed by atoms with Crippen LogP contribution in [0.5, 0.6) is 0 Å². The lowest BCUT2D eigenvalue weighted by atomic mass is 10.1. The van der Waals surface area contributed by atoms with Gasteiger partial charge in [0.25, 0.3) is 0 Å². The predicted molar refractivity (Wildman–Crippen MR) is 79.1 cm³/mol. The molecule has 1 fully saturated rings. The molecule has 116 valence electrons. The molecule has 1 heterocycles. The maximum Gasteiger partial charge on any atom is 0.337 e. The van der Waals surface area contributed by atoms with Crippen molar-refractivity contribution in [1.82, 2.24) is 0 Å². The smallest absolute Gasteiger partial charge is 0.337 e. The number of carboxylic acid groups (broad SMARTS) is 1. The van der Waals surface area contributed by atoms with E-state index in [1.165, 1.54) is 6.07 Å². The molecule has 1 saturated heterocycles. The van der Waals surface area contributed by atoms with Crippen LogP contribution in [0.1, 0.15) is 29.6 Å². The largest absolute Gasteiger partial charge is 0.478 e. The van der Waals surface area contributed by atoms with Crippen LogP contribution >= 0.6 is 23.2 Å². The van der Waals surface area contributed by atoms with E-state index in [1.807, 2.05) is 0 Å². The third-order valence-corrected chi connectivity index (χ3v) is 5.79. The molecule has 0 aromatic heterocycles. The van der Waals surface area contributed by atoms with E-state index >= 15 is 0 Å². The van der Waals surface area contributed by atoms with E-state index in [-0.39, 0.29) is 26.3 Å². The number of sulfone groups is 1. The van der Waals surface area contributed by atoms with E-state index in [4.69, 9.17) is 33.0 Å². The molecule has 0 aliphatic carbocycles. The Morgan fingerprint density at radius 2 is 2.05 bits per heavy atom. The minimum absolute atomic E-state index is 0.0138. The number of benzene rings is 1. The first-order valence-electron chi connectivity index (χ1n) is 6.38. The van der Waals surface area contributed by atoms with Crippen LogP contribution < -0.4 is 0 Å². The number of ether oxygens (including phenoxy) is 1. The average Bonchev–Trinajstić information content (AvgIpc) is 2.41. The Balaban J connectivity index is 2.37. The molecular weight excluding hydrogens is 339 g/mol. The van der Waals surface area contributed by atoms with Gasteiger partial charge in [0.2, 0.25) is 0 Å². The summed E-state index contributed by atoms with van der Waals surface area (Å²) in [4.78, 5) is 10.8. The first kappa shape index (κ1) is 16.5. The van der Waals surface area contributed by atoms with Gasteiger partial charge in [-0.15, -0.1) is 0 Å². The Morgan fingerprint density at radius 1 is 1.33 bits per heavy atom. The third-order valence-electron chi connectivity index (χ3n) is 3.25. The normalized spacial score (nSPS) is 19.4. The van der Waals surface area contributed by atoms with Crippen molar-refractivity contribution in [3.63, 3.8) is 0 Å². The Morgan fingerprint density at radius 3 is 2.62 bits per heavy atom. The van der Waals surface area contributed by atoms with Crippen LogP contribution in [-0.2, 0) is 14.6 Å². The maximum absolute atomic E-state index is 12.4. The molecule has 1 N–H and O–H groups in total. The lowest BCUT2D eigenvalue weighted by Gasteiger charge is -2.22. The fourth-order valence-electron chi connectivity index (χ4n) is 2.22. The summed E-state index contributed by atoms with van der Waals surface area (Å²) in [6.45, 7) is 0.532. The van der Waals surface area contributed by atoms with Gasteiger partial charge in [0, 0.05) is 11.6 Å². The highest BCUT2D eigenvalue weighted by Gasteiger charge is 2.28. The van der Waals surface area contributed by atoms with Crippen molar-refractivity contribution in [1.29, 1.82) is 0 Å². The minimum atomic E-state index is -3.77. The molecule has 5 nitrogen and oxygen atoms in total. The quantitative estimate of drug-likeness (QED) is 0.900. The van der Waals surface area contributed by atoms with Crippen LogP contribution in [0.25, 0.3) is 0 Å². The zero-order valence-corrected chi connectivity index (χ0v) is 13.3. The Bertz CT molecular complexity index is 651. The zero-order chi connectivity index (χ0) is 15.6. The molecule has 1 aliphatic heterocycles. The first-order valence-corrected chi connectivity index (χ1v) is 8.79. The monoisotopic (exact) mass is 352 g/mol. The topological polar surface area (TPSA) is 80.7 Å². The number of halogens is 2. The highest BCUT2D eigenvalue weighted by Crippen LogP contribution is 2.31. The molecular formula is C13H14Cl2O5S. The molecule has 0 radical (unpaired) electrons. The Kier molecular flexibility index (Phi) is 5.14. The third kappa shape index (κ3) is 3.88. The van der Waals surface area contributed by atoms with E-state index in [2.05, 4.69) is 0 Å². The predicted octanol–water partition coefficient (Wildman–Crippen LogP) is 3.03. The molecule has 1 aromatic carbocycles. The molecule has 21 heavy (non-hydrogen) atoms. The van der Waals surface area contributed by atoms with Crippen molar-refractivity contribution >= 4 is 39.0 Å². The molecule has 1 atom stereocenters. The lowest BCUT2D eigenvalue weighted by Crippen LogP contribution is -2.28. The molecule has 0 spiro atoms. The summed E-state index contributed by atoms with van der Waals surface area (Å²) in [6.07, 6.45) is 2.08. The van der Waals surface area contributed by atoms with Crippen molar-refractivity contribution in [3.8, 4) is 0 Å². The van der Waals surface area contributed by atoms with Crippen LogP contribution in [0, 0.1) is 0 Å². The maximum atomic E-state index is 12.4. The zero-order valence-electron chi connectivity index (χ0n) is 11.0. The molecule has 0 bridgehead atoms. The molecule has 1 unspecified atom stereocenters. The summed E-state index contributed by atoms with van der Waals surface area (Å²) in [5.41, 5.74) is -0.327. The second-order valence-electron chi connectivity index (χ2n) is 4.84. The molecule has 2 rings (SSSR count). The van der Waals surface area contributed by atoms with E-state index in [1.54, 1.807) is 0 Å². The van der Waals surface area contributed by atoms with E-state index < -0.39 is 21.9 Å². The molecule has 1 aromatic rings. The summed E-state index contributed by atoms with van der Waals surface area (Å²) in [5.74, 6) is -1.56. The lowest BCUT2D eigenvalue weighted by molar-refractivity contribution is 0.0305. The second kappa shape index (κ2) is 6.52. The van der Waals surface area contributed by atoms with Crippen LogP contribution in [0.3, 0.4) is 0 Å². The van der Waals surface area contributed by atoms with Gasteiger partial charge in [0.05, 0.1) is 27.3 Å². The number of carboxylic acids is 1. The second-order valence-corrected chi connectivity index (χ2v) is 7.66. The van der Waals surface area contributed by atoms with E-state index in [0.717, 1.165) is 18.9 Å². The number of hydrogen-bond acceptors (Lipinski definition) is 4. The summed E-state index contributed by atoms with van der Waals surface area (Å²) < 4.78 is 30.3. The first-order chi connectivity index (χ1) is 9.81. The highest BCUT2D eigenvalue weighted by molar-refractivity contribution is 7.91. The summed E-state index contributed by atoms with van der Waals surface area (Å²) in [5, 5.41) is 8.74. The van der Waals surface area contributed by atoms with Crippen molar-refractivity contribution < 1.29 is 23.1 Å². The minimum Gasteiger partial charge on any atom is -0.478 e. The van der Waals surface area contributed by atoms with E-state index in [0.29, 0.717) is 13.0 Å². The van der Waals surface area contributed by atoms with Crippen molar-refractivity contribution in [2.75, 3.05) is 12.4 Å². The average molecular weight is 353 g/mol. The fourth-order valence-corrected chi connectivity index (χ4v) is 4.67. The van der Waals surface area contributed by atoms with Crippen molar-refractivity contribution in [2.45, 2.75) is 30.3 Å². The summed E-state index contributed by atoms with van der Waals surface area (Å²) >= 11 is 11.7. The van der Waals surface area contributed by atoms with Gasteiger partial charge in [-0.25, -0.2) is 13.2 Å². The van der Waals surface area contributed by atoms with Gasteiger partial charge in [0.15, 0.2) is 9.84 Å². The van der Waals surface area contributed by atoms with Crippen LogP contribution in [-0.4, -0.2) is 38.0 Å². The molecule has 1 aliphatic rings. The van der Waals surface area contributed by atoms with Crippen LogP contribution in [0.2, 0.25) is 10.0 Å². The Hall–Kier alpha value is -0.820. The Labute approximate surface area is 132 Å². The fraction of sp³-hybridized carbons (Fsp3) is 0.462. The van der Waals surface area contributed by atoms with E-state index in [9.17, 15) is 13.2 Å². The van der Waals surface area contributed by atoms with Gasteiger partial charge in [0.1, 0.15) is 0 Å². The number of carbonyl (C=O) groups is 1. The number of hydrogen-bond donors (Lipinski definition) is 1.